The molecule has 0 bridgehead atoms. The molecule has 120 valence electrons. The fourth-order valence-electron chi connectivity index (χ4n) is 3.31. The first-order chi connectivity index (χ1) is 11.4. The van der Waals surface area contributed by atoms with Gasteiger partial charge in [-0.3, -0.25) is 0 Å². The lowest BCUT2D eigenvalue weighted by Crippen LogP contribution is -2.27. The molecule has 1 fully saturated rings. The highest BCUT2D eigenvalue weighted by Gasteiger charge is 2.20. The Kier molecular flexibility index (Phi) is 4.11. The summed E-state index contributed by atoms with van der Waals surface area (Å²) in [5.74, 6) is 1.86. The van der Waals surface area contributed by atoms with Gasteiger partial charge in [-0.2, -0.15) is 0 Å². The van der Waals surface area contributed by atoms with Crippen LogP contribution in [0.15, 0.2) is 36.7 Å². The predicted octanol–water partition coefficient (Wildman–Crippen LogP) is 2.69. The number of ether oxygens (including phenoxy) is 1. The monoisotopic (exact) mass is 310 g/mol. The van der Waals surface area contributed by atoms with E-state index in [-0.39, 0.29) is 0 Å². The van der Waals surface area contributed by atoms with Crippen LogP contribution in [0.25, 0.3) is 0 Å². The van der Waals surface area contributed by atoms with E-state index in [0.29, 0.717) is 6.04 Å². The van der Waals surface area contributed by atoms with Crippen molar-refractivity contribution in [1.82, 2.24) is 15.3 Å². The summed E-state index contributed by atoms with van der Waals surface area (Å²) in [5.41, 5.74) is 2.37. The lowest BCUT2D eigenvalue weighted by molar-refractivity contribution is 0.252. The highest BCUT2D eigenvalue weighted by Crippen LogP contribution is 2.31. The lowest BCUT2D eigenvalue weighted by Gasteiger charge is -2.26. The first kappa shape index (κ1) is 14.5. The zero-order chi connectivity index (χ0) is 15.5. The zero-order valence-corrected chi connectivity index (χ0v) is 13.2. The molecular weight excluding hydrogens is 288 g/mol. The number of nitrogens with zero attached hydrogens (tertiary/aromatic N) is 3. The van der Waals surface area contributed by atoms with Gasteiger partial charge in [-0.15, -0.1) is 0 Å². The summed E-state index contributed by atoms with van der Waals surface area (Å²) in [7, 11) is 0. The maximum absolute atomic E-state index is 5.71. The van der Waals surface area contributed by atoms with E-state index in [1.165, 1.54) is 18.4 Å². The molecule has 0 radical (unpaired) electrons. The van der Waals surface area contributed by atoms with Gasteiger partial charge in [-0.05, 0) is 18.9 Å². The molecule has 0 saturated carbocycles. The fraction of sp³-hybridized carbons (Fsp3) is 0.444. The second-order valence-electron chi connectivity index (χ2n) is 6.19. The van der Waals surface area contributed by atoms with E-state index in [2.05, 4.69) is 32.3 Å². The third kappa shape index (κ3) is 3.15. The molecule has 2 aliphatic rings. The van der Waals surface area contributed by atoms with Crippen molar-refractivity contribution in [3.63, 3.8) is 0 Å². The third-order valence-corrected chi connectivity index (χ3v) is 4.59. The van der Waals surface area contributed by atoms with Gasteiger partial charge in [0.15, 0.2) is 0 Å². The SMILES string of the molecule is c1ccc2c(c1)OCC[C@@H]2NCc1cnc(N2CCCC2)nc1. The van der Waals surface area contributed by atoms with Crippen LogP contribution >= 0.6 is 0 Å². The highest BCUT2D eigenvalue weighted by molar-refractivity contribution is 5.37. The van der Waals surface area contributed by atoms with E-state index < -0.39 is 0 Å². The average Bonchev–Trinajstić information content (AvgIpc) is 3.15. The molecule has 1 atom stereocenters. The Morgan fingerprint density at radius 2 is 1.91 bits per heavy atom. The Balaban J connectivity index is 1.39. The Bertz CT molecular complexity index is 652. The minimum atomic E-state index is 0.332. The van der Waals surface area contributed by atoms with E-state index in [4.69, 9.17) is 4.74 Å². The topological polar surface area (TPSA) is 50.3 Å². The second-order valence-corrected chi connectivity index (χ2v) is 6.19. The molecule has 1 saturated heterocycles. The van der Waals surface area contributed by atoms with Crippen molar-refractivity contribution in [2.75, 3.05) is 24.6 Å². The van der Waals surface area contributed by atoms with E-state index in [1.807, 2.05) is 24.5 Å². The van der Waals surface area contributed by atoms with Crippen LogP contribution in [0.5, 0.6) is 5.75 Å². The molecule has 0 amide bonds. The van der Waals surface area contributed by atoms with Crippen LogP contribution in [0.2, 0.25) is 0 Å². The van der Waals surface area contributed by atoms with Gasteiger partial charge >= 0.3 is 0 Å². The molecule has 0 spiro atoms. The first-order valence-corrected chi connectivity index (χ1v) is 8.41. The van der Waals surface area contributed by atoms with Crippen molar-refractivity contribution in [2.45, 2.75) is 31.8 Å². The maximum atomic E-state index is 5.71. The van der Waals surface area contributed by atoms with Crippen LogP contribution < -0.4 is 15.0 Å². The summed E-state index contributed by atoms with van der Waals surface area (Å²) in [6, 6.07) is 8.59. The predicted molar refractivity (Wildman–Crippen MR) is 89.6 cm³/mol. The number of anilines is 1. The number of benzene rings is 1. The number of nitrogens with one attached hydrogen (secondary N) is 1. The zero-order valence-electron chi connectivity index (χ0n) is 13.2. The first-order valence-electron chi connectivity index (χ1n) is 8.41. The number of aromatic nitrogens is 2. The van der Waals surface area contributed by atoms with E-state index in [9.17, 15) is 0 Å². The summed E-state index contributed by atoms with van der Waals surface area (Å²) >= 11 is 0. The van der Waals surface area contributed by atoms with Gasteiger partial charge in [0.25, 0.3) is 0 Å². The summed E-state index contributed by atoms with van der Waals surface area (Å²) in [4.78, 5) is 11.3. The number of rotatable bonds is 4. The largest absolute Gasteiger partial charge is 0.493 e. The van der Waals surface area contributed by atoms with Gasteiger partial charge in [-0.1, -0.05) is 18.2 Å². The molecule has 1 aromatic heterocycles. The molecular formula is C18H22N4O. The Morgan fingerprint density at radius 3 is 2.74 bits per heavy atom. The van der Waals surface area contributed by atoms with Crippen molar-refractivity contribution in [3.8, 4) is 5.75 Å². The van der Waals surface area contributed by atoms with Crippen LogP contribution in [-0.2, 0) is 6.54 Å². The minimum absolute atomic E-state index is 0.332. The quantitative estimate of drug-likeness (QED) is 0.941. The molecule has 5 heteroatoms. The number of hydrogen-bond acceptors (Lipinski definition) is 5. The normalized spacial score (nSPS) is 20.2. The van der Waals surface area contributed by atoms with Gasteiger partial charge in [0.1, 0.15) is 5.75 Å². The highest BCUT2D eigenvalue weighted by atomic mass is 16.5. The maximum Gasteiger partial charge on any atom is 0.225 e. The van der Waals surface area contributed by atoms with Crippen molar-refractivity contribution < 1.29 is 4.74 Å². The van der Waals surface area contributed by atoms with Crippen molar-refractivity contribution >= 4 is 5.95 Å². The van der Waals surface area contributed by atoms with Crippen molar-refractivity contribution in [2.24, 2.45) is 0 Å². The number of hydrogen-bond donors (Lipinski definition) is 1. The van der Waals surface area contributed by atoms with Gasteiger partial charge in [0.05, 0.1) is 6.61 Å². The second kappa shape index (κ2) is 6.54. The Hall–Kier alpha value is -2.14. The molecule has 0 aliphatic carbocycles. The molecule has 1 aromatic carbocycles. The summed E-state index contributed by atoms with van der Waals surface area (Å²) in [6.45, 7) is 3.70. The van der Waals surface area contributed by atoms with Crippen LogP contribution in [0.1, 0.15) is 36.4 Å². The minimum Gasteiger partial charge on any atom is -0.493 e. The van der Waals surface area contributed by atoms with Gasteiger partial charge in [0, 0.05) is 55.6 Å². The van der Waals surface area contributed by atoms with Crippen molar-refractivity contribution in [1.29, 1.82) is 0 Å². The smallest absolute Gasteiger partial charge is 0.225 e. The Labute approximate surface area is 136 Å². The molecule has 0 unspecified atom stereocenters. The van der Waals surface area contributed by atoms with Crippen LogP contribution in [0.3, 0.4) is 0 Å². The molecule has 23 heavy (non-hydrogen) atoms. The van der Waals surface area contributed by atoms with Gasteiger partial charge in [-0.25, -0.2) is 9.97 Å². The summed E-state index contributed by atoms with van der Waals surface area (Å²) in [6.07, 6.45) is 7.37. The third-order valence-electron chi connectivity index (χ3n) is 4.59. The van der Waals surface area contributed by atoms with Crippen LogP contribution in [-0.4, -0.2) is 29.7 Å². The van der Waals surface area contributed by atoms with Gasteiger partial charge < -0.3 is 15.0 Å². The number of fused-ring (bicyclic) bond motifs is 1. The van der Waals surface area contributed by atoms with E-state index >= 15 is 0 Å². The molecule has 4 rings (SSSR count). The summed E-state index contributed by atoms with van der Waals surface area (Å²) < 4.78 is 5.71. The number of para-hydroxylation sites is 1. The average molecular weight is 310 g/mol. The van der Waals surface area contributed by atoms with Gasteiger partial charge in [0.2, 0.25) is 5.95 Å². The molecule has 1 N–H and O–H groups in total. The van der Waals surface area contributed by atoms with E-state index in [0.717, 1.165) is 49.9 Å². The standard InChI is InChI=1S/C18H22N4O/c1-2-6-17-15(5-1)16(7-10-23-17)19-11-14-12-20-18(21-13-14)22-8-3-4-9-22/h1-2,5-6,12-13,16,19H,3-4,7-11H2/t16-/m0/s1. The van der Waals surface area contributed by atoms with Crippen LogP contribution in [0, 0.1) is 0 Å². The fourth-order valence-corrected chi connectivity index (χ4v) is 3.31. The van der Waals surface area contributed by atoms with Crippen LogP contribution in [0.4, 0.5) is 5.95 Å². The Morgan fingerprint density at radius 1 is 1.13 bits per heavy atom. The van der Waals surface area contributed by atoms with E-state index in [1.54, 1.807) is 0 Å². The summed E-state index contributed by atoms with van der Waals surface area (Å²) in [5, 5.41) is 3.61. The molecule has 2 aliphatic heterocycles. The lowest BCUT2D eigenvalue weighted by atomic mass is 10.0. The molecule has 5 nitrogen and oxygen atoms in total. The molecule has 2 aromatic rings. The van der Waals surface area contributed by atoms with Crippen molar-refractivity contribution in [3.05, 3.63) is 47.8 Å². The molecule has 3 heterocycles.